The van der Waals surface area contributed by atoms with Crippen molar-refractivity contribution in [3.63, 3.8) is 0 Å². The second kappa shape index (κ2) is 5.41. The van der Waals surface area contributed by atoms with Gasteiger partial charge in [0.2, 0.25) is 5.88 Å². The maximum atomic E-state index is 12.6. The predicted octanol–water partition coefficient (Wildman–Crippen LogP) is 4.64. The van der Waals surface area contributed by atoms with Crippen molar-refractivity contribution in [3.05, 3.63) is 39.7 Å². The summed E-state index contributed by atoms with van der Waals surface area (Å²) in [6.07, 6.45) is -4.47. The van der Waals surface area contributed by atoms with Crippen LogP contribution in [-0.4, -0.2) is 10.2 Å². The van der Waals surface area contributed by atoms with E-state index in [0.29, 0.717) is 5.01 Å². The third-order valence-electron chi connectivity index (χ3n) is 2.26. The number of hydrogen-bond donors (Lipinski definition) is 0. The summed E-state index contributed by atoms with van der Waals surface area (Å²) in [5.74, 6) is -0.156. The van der Waals surface area contributed by atoms with Crippen LogP contribution in [0.4, 0.5) is 13.2 Å². The van der Waals surface area contributed by atoms with E-state index in [0.717, 1.165) is 23.5 Å². The van der Waals surface area contributed by atoms with Crippen molar-refractivity contribution < 1.29 is 22.7 Å². The smallest absolute Gasteiger partial charge is 0.416 e. The second-order valence-corrected chi connectivity index (χ2v) is 5.31. The molecule has 0 aliphatic heterocycles. The van der Waals surface area contributed by atoms with E-state index in [1.165, 1.54) is 12.1 Å². The summed E-state index contributed by atoms with van der Waals surface area (Å²) >= 11 is 6.37. The van der Waals surface area contributed by atoms with Crippen LogP contribution in [0.15, 0.2) is 24.3 Å². The largest absolute Gasteiger partial charge is 0.437 e. The lowest BCUT2D eigenvalue weighted by molar-refractivity contribution is -0.137. The zero-order valence-electron chi connectivity index (χ0n) is 9.99. The summed E-state index contributed by atoms with van der Waals surface area (Å²) in [5.41, 5.74) is -0.847. The zero-order valence-corrected chi connectivity index (χ0v) is 11.6. The molecule has 0 saturated heterocycles. The molecule has 106 valence electrons. The van der Waals surface area contributed by atoms with Crippen molar-refractivity contribution >= 4 is 28.2 Å². The molecule has 2 rings (SSSR count). The number of alkyl halides is 3. The van der Waals surface area contributed by atoms with E-state index < -0.39 is 17.0 Å². The van der Waals surface area contributed by atoms with Crippen LogP contribution < -0.4 is 4.74 Å². The molecule has 0 bridgehead atoms. The number of ether oxygens (including phenoxy) is 1. The predicted molar refractivity (Wildman–Crippen MR) is 68.6 cm³/mol. The third-order valence-corrected chi connectivity index (χ3v) is 3.51. The summed E-state index contributed by atoms with van der Waals surface area (Å²) in [6.45, 7) is 1.63. The topological polar surface area (TPSA) is 39.2 Å². The number of nitrogens with zero attached hydrogens (tertiary/aromatic N) is 1. The van der Waals surface area contributed by atoms with Gasteiger partial charge in [-0.3, -0.25) is 4.79 Å². The molecule has 3 nitrogen and oxygen atoms in total. The van der Waals surface area contributed by atoms with Crippen molar-refractivity contribution in [2.24, 2.45) is 0 Å². The molecule has 0 atom stereocenters. The van der Waals surface area contributed by atoms with Gasteiger partial charge in [-0.2, -0.15) is 13.2 Å². The van der Waals surface area contributed by atoms with Crippen molar-refractivity contribution in [1.29, 1.82) is 0 Å². The van der Waals surface area contributed by atoms with Crippen LogP contribution in [0.3, 0.4) is 0 Å². The average Bonchev–Trinajstić information content (AvgIpc) is 2.69. The molecule has 2 aromatic rings. The SMILES string of the molecule is Cc1nc(Oc2cccc(C(F)(F)F)c2)c(C(=O)Cl)s1. The van der Waals surface area contributed by atoms with Crippen LogP contribution >= 0.6 is 22.9 Å². The van der Waals surface area contributed by atoms with E-state index in [4.69, 9.17) is 16.3 Å². The van der Waals surface area contributed by atoms with Gasteiger partial charge in [-0.15, -0.1) is 11.3 Å². The van der Waals surface area contributed by atoms with E-state index >= 15 is 0 Å². The van der Waals surface area contributed by atoms with E-state index in [-0.39, 0.29) is 16.5 Å². The average molecular weight is 322 g/mol. The molecule has 0 N–H and O–H groups in total. The minimum atomic E-state index is -4.47. The van der Waals surface area contributed by atoms with Crippen LogP contribution in [0.1, 0.15) is 20.2 Å². The van der Waals surface area contributed by atoms with Crippen molar-refractivity contribution in [3.8, 4) is 11.6 Å². The Balaban J connectivity index is 2.33. The van der Waals surface area contributed by atoms with Crippen LogP contribution in [-0.2, 0) is 6.18 Å². The van der Waals surface area contributed by atoms with Gasteiger partial charge in [0.05, 0.1) is 10.6 Å². The molecule has 0 spiro atoms. The number of hydrogen-bond acceptors (Lipinski definition) is 4. The van der Waals surface area contributed by atoms with E-state index in [2.05, 4.69) is 4.98 Å². The highest BCUT2D eigenvalue weighted by molar-refractivity contribution is 7.15. The lowest BCUT2D eigenvalue weighted by Gasteiger charge is -2.08. The lowest BCUT2D eigenvalue weighted by atomic mass is 10.2. The first kappa shape index (κ1) is 14.8. The standard InChI is InChI=1S/C12H7ClF3NO2S/c1-6-17-11(9(20-6)10(13)18)19-8-4-2-3-7(5-8)12(14,15)16/h2-5H,1H3. The Morgan fingerprint density at radius 2 is 2.10 bits per heavy atom. The van der Waals surface area contributed by atoms with Gasteiger partial charge in [0.1, 0.15) is 5.75 Å². The second-order valence-electron chi connectivity index (χ2n) is 3.77. The Hall–Kier alpha value is -1.60. The molecule has 0 aliphatic rings. The first-order valence-corrected chi connectivity index (χ1v) is 6.49. The number of carbonyl (C=O) groups excluding carboxylic acids is 1. The molecule has 0 radical (unpaired) electrons. The van der Waals surface area contributed by atoms with Gasteiger partial charge in [-0.05, 0) is 36.7 Å². The normalized spacial score (nSPS) is 11.4. The number of rotatable bonds is 3. The molecule has 20 heavy (non-hydrogen) atoms. The highest BCUT2D eigenvalue weighted by Crippen LogP contribution is 2.34. The molecule has 1 heterocycles. The molecule has 8 heteroatoms. The molecule has 0 unspecified atom stereocenters. The van der Waals surface area contributed by atoms with E-state index in [9.17, 15) is 18.0 Å². The van der Waals surface area contributed by atoms with Crippen molar-refractivity contribution in [2.75, 3.05) is 0 Å². The Bertz CT molecular complexity index is 654. The molecule has 0 aliphatic carbocycles. The number of carbonyl (C=O) groups is 1. The highest BCUT2D eigenvalue weighted by atomic mass is 35.5. The Morgan fingerprint density at radius 1 is 1.40 bits per heavy atom. The summed E-state index contributed by atoms with van der Waals surface area (Å²) in [4.78, 5) is 15.2. The van der Waals surface area contributed by atoms with Gasteiger partial charge in [0.15, 0.2) is 4.88 Å². The monoisotopic (exact) mass is 321 g/mol. The van der Waals surface area contributed by atoms with Gasteiger partial charge in [-0.25, -0.2) is 4.98 Å². The Morgan fingerprint density at radius 3 is 2.70 bits per heavy atom. The van der Waals surface area contributed by atoms with Crippen LogP contribution in [0.5, 0.6) is 11.6 Å². The fraction of sp³-hybridized carbons (Fsp3) is 0.167. The Labute approximate surface area is 121 Å². The van der Waals surface area contributed by atoms with Gasteiger partial charge in [-0.1, -0.05) is 6.07 Å². The fourth-order valence-electron chi connectivity index (χ4n) is 1.45. The summed E-state index contributed by atoms with van der Waals surface area (Å²) < 4.78 is 42.9. The summed E-state index contributed by atoms with van der Waals surface area (Å²) in [5, 5.41) is -0.242. The molecular formula is C12H7ClF3NO2S. The summed E-state index contributed by atoms with van der Waals surface area (Å²) in [6, 6.07) is 4.30. The molecule has 1 aromatic carbocycles. The molecule has 0 saturated carbocycles. The molecular weight excluding hydrogens is 315 g/mol. The third kappa shape index (κ3) is 3.29. The highest BCUT2D eigenvalue weighted by Gasteiger charge is 2.30. The van der Waals surface area contributed by atoms with Crippen LogP contribution in [0.25, 0.3) is 0 Å². The fourth-order valence-corrected chi connectivity index (χ4v) is 2.32. The lowest BCUT2D eigenvalue weighted by Crippen LogP contribution is -2.04. The minimum absolute atomic E-state index is 0.0570. The summed E-state index contributed by atoms with van der Waals surface area (Å²) in [7, 11) is 0. The van der Waals surface area contributed by atoms with Gasteiger partial charge < -0.3 is 4.74 Å². The molecule has 0 fully saturated rings. The number of benzene rings is 1. The van der Waals surface area contributed by atoms with E-state index in [1.807, 2.05) is 0 Å². The maximum Gasteiger partial charge on any atom is 0.416 e. The minimum Gasteiger partial charge on any atom is -0.437 e. The first-order chi connectivity index (χ1) is 9.27. The van der Waals surface area contributed by atoms with Crippen LogP contribution in [0, 0.1) is 6.92 Å². The van der Waals surface area contributed by atoms with E-state index in [1.54, 1.807) is 6.92 Å². The number of thiazole rings is 1. The van der Waals surface area contributed by atoms with Crippen molar-refractivity contribution in [1.82, 2.24) is 4.98 Å². The first-order valence-electron chi connectivity index (χ1n) is 5.30. The quantitative estimate of drug-likeness (QED) is 0.773. The van der Waals surface area contributed by atoms with Crippen molar-refractivity contribution in [2.45, 2.75) is 13.1 Å². The molecule has 1 aromatic heterocycles. The number of halogens is 4. The molecule has 0 amide bonds. The Kier molecular flexibility index (Phi) is 4.01. The van der Waals surface area contributed by atoms with Crippen LogP contribution in [0.2, 0.25) is 0 Å². The van der Waals surface area contributed by atoms with Gasteiger partial charge in [0, 0.05) is 0 Å². The number of aromatic nitrogens is 1. The van der Waals surface area contributed by atoms with Gasteiger partial charge in [0.25, 0.3) is 5.24 Å². The number of aryl methyl sites for hydroxylation is 1. The maximum absolute atomic E-state index is 12.6. The zero-order chi connectivity index (χ0) is 14.9. The van der Waals surface area contributed by atoms with Gasteiger partial charge >= 0.3 is 6.18 Å².